The molecule has 0 spiro atoms. The van der Waals surface area contributed by atoms with E-state index in [1.165, 1.54) is 14.2 Å². The first-order valence-electron chi connectivity index (χ1n) is 12.9. The zero-order valence-electron chi connectivity index (χ0n) is 23.0. The summed E-state index contributed by atoms with van der Waals surface area (Å²) >= 11 is 0. The summed E-state index contributed by atoms with van der Waals surface area (Å²) in [5, 5.41) is 14.2. The van der Waals surface area contributed by atoms with Gasteiger partial charge in [-0.15, -0.1) is 0 Å². The minimum atomic E-state index is -0.933. The first-order chi connectivity index (χ1) is 19.1. The molecule has 12 nitrogen and oxygen atoms in total. The van der Waals surface area contributed by atoms with Crippen molar-refractivity contribution in [1.29, 1.82) is 5.26 Å². The van der Waals surface area contributed by atoms with Crippen molar-refractivity contribution < 1.29 is 42.8 Å². The van der Waals surface area contributed by atoms with Crippen LogP contribution in [0.2, 0.25) is 0 Å². The number of hydrogen-bond acceptors (Lipinski definition) is 12. The Hall–Kier alpha value is -4.40. The highest BCUT2D eigenvalue weighted by molar-refractivity contribution is 6.36. The summed E-state index contributed by atoms with van der Waals surface area (Å²) in [6.45, 7) is 5.77. The van der Waals surface area contributed by atoms with Gasteiger partial charge in [0.2, 0.25) is 24.2 Å². The zero-order valence-corrected chi connectivity index (χ0v) is 23.0. The van der Waals surface area contributed by atoms with Gasteiger partial charge in [0.25, 0.3) is 0 Å². The molecule has 0 saturated heterocycles. The molecule has 212 valence electrons. The van der Waals surface area contributed by atoms with Crippen molar-refractivity contribution in [2.75, 3.05) is 27.6 Å². The fraction of sp³-hybridized carbons (Fsp3) is 0.500. The summed E-state index contributed by atoms with van der Waals surface area (Å²) in [6, 6.07) is 2.15. The SMILES string of the molecule is CCOC(=O)C1=NO[C@@H](Cc2c(OC)c3c(c(OC)c2[C@@H]2C(C#N)=C(N)OC4=C2C(=O)CC(C)(C)C4)OCO3)C1. The lowest BCUT2D eigenvalue weighted by atomic mass is 9.69. The largest absolute Gasteiger partial charge is 0.492 e. The van der Waals surface area contributed by atoms with Crippen LogP contribution >= 0.6 is 0 Å². The van der Waals surface area contributed by atoms with Crippen molar-refractivity contribution in [3.63, 3.8) is 0 Å². The number of allylic oxidation sites excluding steroid dienone is 3. The van der Waals surface area contributed by atoms with Crippen molar-refractivity contribution in [2.45, 2.75) is 58.5 Å². The van der Waals surface area contributed by atoms with Crippen molar-refractivity contribution >= 4 is 17.5 Å². The summed E-state index contributed by atoms with van der Waals surface area (Å²) < 4.78 is 34.2. The van der Waals surface area contributed by atoms with Gasteiger partial charge in [0.05, 0.1) is 26.7 Å². The summed E-state index contributed by atoms with van der Waals surface area (Å²) in [5.41, 5.74) is 7.46. The molecule has 1 aliphatic carbocycles. The average Bonchev–Trinajstić information content (AvgIpc) is 3.57. The van der Waals surface area contributed by atoms with Crippen molar-refractivity contribution in [3.05, 3.63) is 33.9 Å². The fourth-order valence-electron chi connectivity index (χ4n) is 5.73. The number of esters is 1. The van der Waals surface area contributed by atoms with Crippen molar-refractivity contribution in [1.82, 2.24) is 0 Å². The van der Waals surface area contributed by atoms with Crippen LogP contribution in [0.1, 0.15) is 57.1 Å². The van der Waals surface area contributed by atoms with Crippen molar-refractivity contribution in [3.8, 4) is 29.1 Å². The van der Waals surface area contributed by atoms with E-state index in [-0.39, 0.29) is 72.5 Å². The molecular weight excluding hydrogens is 522 g/mol. The first-order valence-corrected chi connectivity index (χ1v) is 12.9. The number of carbonyl (C=O) groups excluding carboxylic acids is 2. The minimum Gasteiger partial charge on any atom is -0.492 e. The molecule has 0 radical (unpaired) electrons. The molecule has 0 bridgehead atoms. The Kier molecular flexibility index (Phi) is 6.99. The Morgan fingerprint density at radius 3 is 2.52 bits per heavy atom. The average molecular weight is 554 g/mol. The highest BCUT2D eigenvalue weighted by Crippen LogP contribution is 2.58. The van der Waals surface area contributed by atoms with Gasteiger partial charge >= 0.3 is 5.97 Å². The molecule has 1 aromatic rings. The highest BCUT2D eigenvalue weighted by atomic mass is 16.7. The molecule has 2 atom stereocenters. The van der Waals surface area contributed by atoms with Gasteiger partial charge < -0.3 is 39.0 Å². The molecule has 0 unspecified atom stereocenters. The standard InChI is InChI=1S/C28H31N3O9/c1-6-36-27(33)16-8-13(40-31-16)7-14-20(23(35-5)25-24(22(14)34-4)37-12-38-25)19-15(11-29)26(30)39-18-10-28(2,3)9-17(32)21(18)19/h13,19H,6-10,12,30H2,1-5H3/t13-,19-/m0/s1. The van der Waals surface area contributed by atoms with Gasteiger partial charge in [0.15, 0.2) is 23.0 Å². The molecule has 2 N–H and O–H groups in total. The van der Waals surface area contributed by atoms with Crippen LogP contribution in [-0.2, 0) is 30.3 Å². The van der Waals surface area contributed by atoms with Gasteiger partial charge in [-0.3, -0.25) is 4.79 Å². The number of Topliss-reactive ketones (excluding diaryl/α,β-unsaturated/α-hetero) is 1. The van der Waals surface area contributed by atoms with Crippen molar-refractivity contribution in [2.24, 2.45) is 16.3 Å². The highest BCUT2D eigenvalue weighted by Gasteiger charge is 2.47. The molecule has 40 heavy (non-hydrogen) atoms. The topological polar surface area (TPSA) is 161 Å². The number of methoxy groups -OCH3 is 2. The number of nitrogens with zero attached hydrogens (tertiary/aromatic N) is 2. The van der Waals surface area contributed by atoms with Crippen LogP contribution in [0.15, 0.2) is 27.9 Å². The number of fused-ring (bicyclic) bond motifs is 1. The third-order valence-electron chi connectivity index (χ3n) is 7.32. The van der Waals surface area contributed by atoms with E-state index >= 15 is 0 Å². The van der Waals surface area contributed by atoms with E-state index in [9.17, 15) is 14.9 Å². The lowest BCUT2D eigenvalue weighted by Crippen LogP contribution is -2.34. The monoisotopic (exact) mass is 553 g/mol. The number of ether oxygens (including phenoxy) is 6. The van der Waals surface area contributed by atoms with E-state index in [1.54, 1.807) is 6.92 Å². The molecule has 4 aliphatic rings. The predicted molar refractivity (Wildman–Crippen MR) is 139 cm³/mol. The van der Waals surface area contributed by atoms with E-state index in [0.717, 1.165) is 0 Å². The van der Waals surface area contributed by atoms with E-state index < -0.39 is 18.0 Å². The minimum absolute atomic E-state index is 0.0584. The van der Waals surface area contributed by atoms with Crippen LogP contribution in [0.25, 0.3) is 0 Å². The lowest BCUT2D eigenvalue weighted by molar-refractivity contribution is -0.135. The van der Waals surface area contributed by atoms with Gasteiger partial charge in [0, 0.05) is 42.4 Å². The molecule has 5 rings (SSSR count). The van der Waals surface area contributed by atoms with Crippen LogP contribution < -0.4 is 24.7 Å². The molecule has 0 saturated carbocycles. The number of carbonyl (C=O) groups is 2. The van der Waals surface area contributed by atoms with Crippen LogP contribution in [0.3, 0.4) is 0 Å². The molecule has 1 aromatic carbocycles. The Bertz CT molecular complexity index is 1420. The quantitative estimate of drug-likeness (QED) is 0.494. The molecule has 0 amide bonds. The Morgan fingerprint density at radius 1 is 1.18 bits per heavy atom. The maximum Gasteiger partial charge on any atom is 0.356 e. The summed E-state index contributed by atoms with van der Waals surface area (Å²) in [5.74, 6) is -0.142. The first kappa shape index (κ1) is 27.2. The summed E-state index contributed by atoms with van der Waals surface area (Å²) in [7, 11) is 2.94. The number of nitriles is 1. The van der Waals surface area contributed by atoms with E-state index in [0.29, 0.717) is 40.4 Å². The van der Waals surface area contributed by atoms with Crippen LogP contribution in [0.5, 0.6) is 23.0 Å². The summed E-state index contributed by atoms with van der Waals surface area (Å²) in [6.07, 6.45) is 0.461. The molecule has 0 fully saturated rings. The molecule has 12 heteroatoms. The third kappa shape index (κ3) is 4.45. The summed E-state index contributed by atoms with van der Waals surface area (Å²) in [4.78, 5) is 31.6. The molecule has 3 heterocycles. The van der Waals surface area contributed by atoms with Gasteiger partial charge in [-0.2, -0.15) is 5.26 Å². The number of benzene rings is 1. The second-order valence-electron chi connectivity index (χ2n) is 10.6. The van der Waals surface area contributed by atoms with Gasteiger partial charge in [-0.05, 0) is 12.3 Å². The Morgan fingerprint density at radius 2 is 1.88 bits per heavy atom. The van der Waals surface area contributed by atoms with Crippen LogP contribution in [-0.4, -0.2) is 51.2 Å². The van der Waals surface area contributed by atoms with E-state index in [1.807, 2.05) is 13.8 Å². The molecular formula is C28H31N3O9. The van der Waals surface area contributed by atoms with Gasteiger partial charge in [-0.1, -0.05) is 19.0 Å². The van der Waals surface area contributed by atoms with E-state index in [4.69, 9.17) is 39.0 Å². The van der Waals surface area contributed by atoms with Crippen LogP contribution in [0.4, 0.5) is 0 Å². The number of hydrogen-bond donors (Lipinski definition) is 1. The number of nitrogens with two attached hydrogens (primary N) is 1. The second kappa shape index (κ2) is 10.3. The number of rotatable bonds is 7. The van der Waals surface area contributed by atoms with Gasteiger partial charge in [0.1, 0.15) is 23.5 Å². The fourth-order valence-corrected chi connectivity index (χ4v) is 5.73. The number of ketones is 1. The third-order valence-corrected chi connectivity index (χ3v) is 7.32. The maximum absolute atomic E-state index is 13.7. The predicted octanol–water partition coefficient (Wildman–Crippen LogP) is 3.13. The van der Waals surface area contributed by atoms with Crippen LogP contribution in [0, 0.1) is 16.7 Å². The van der Waals surface area contributed by atoms with Gasteiger partial charge in [-0.25, -0.2) is 4.79 Å². The number of oxime groups is 1. The molecule has 0 aromatic heterocycles. The Labute approximate surface area is 231 Å². The lowest BCUT2D eigenvalue weighted by Gasteiger charge is -2.38. The second-order valence-corrected chi connectivity index (χ2v) is 10.6. The smallest absolute Gasteiger partial charge is 0.356 e. The maximum atomic E-state index is 13.7. The Balaban J connectivity index is 1.71. The zero-order chi connectivity index (χ0) is 28.8. The normalized spacial score (nSPS) is 22.6. The van der Waals surface area contributed by atoms with E-state index in [2.05, 4.69) is 11.2 Å². The molecule has 3 aliphatic heterocycles.